The normalized spacial score (nSPS) is 16.6. The van der Waals surface area contributed by atoms with Crippen molar-refractivity contribution in [3.05, 3.63) is 123 Å². The molecule has 150 valence electrons. The van der Waals surface area contributed by atoms with E-state index in [0.29, 0.717) is 5.92 Å². The van der Waals surface area contributed by atoms with Crippen LogP contribution in [0.2, 0.25) is 0 Å². The molecule has 0 atom stereocenters. The molecule has 0 nitrogen and oxygen atoms in total. The summed E-state index contributed by atoms with van der Waals surface area (Å²) in [5.74, 6) is 0.401. The first-order valence-electron chi connectivity index (χ1n) is 10.1. The van der Waals surface area contributed by atoms with Crippen molar-refractivity contribution in [3.63, 3.8) is 0 Å². The Labute approximate surface area is 200 Å². The van der Waals surface area contributed by atoms with Gasteiger partial charge in [-0.25, -0.2) is 0 Å². The Balaban J connectivity index is 1.39. The van der Waals surface area contributed by atoms with E-state index in [2.05, 4.69) is 103 Å². The van der Waals surface area contributed by atoms with Crippen molar-refractivity contribution in [1.29, 1.82) is 0 Å². The van der Waals surface area contributed by atoms with Gasteiger partial charge in [0.25, 0.3) is 0 Å². The van der Waals surface area contributed by atoms with Crippen LogP contribution in [-0.4, -0.2) is 0 Å². The van der Waals surface area contributed by atoms with E-state index in [4.69, 9.17) is 0 Å². The first kappa shape index (κ1) is 19.7. The first-order chi connectivity index (χ1) is 15.3. The summed E-state index contributed by atoms with van der Waals surface area (Å²) in [6, 6.07) is 26.5. The molecular weight excluding hydrogens is 453 g/mol. The standard InChI is InChI=1S/C27H18S4/c1-2-8-18(7-1)19-13-15-20(16-14-19)21(27-30-24-11-5-6-12-25(24)31-27)17-26-28-22-9-3-4-10-23(22)29-26/h1-18H. The van der Waals surface area contributed by atoms with Crippen LogP contribution in [-0.2, 0) is 0 Å². The van der Waals surface area contributed by atoms with E-state index in [9.17, 15) is 0 Å². The second-order valence-electron chi connectivity index (χ2n) is 7.38. The molecule has 1 aliphatic carbocycles. The molecule has 3 aromatic carbocycles. The fraction of sp³-hybridized carbons (Fsp3) is 0.0370. The van der Waals surface area contributed by atoms with Crippen LogP contribution in [0.4, 0.5) is 0 Å². The fourth-order valence-corrected chi connectivity index (χ4v) is 8.71. The zero-order valence-corrected chi connectivity index (χ0v) is 19.8. The molecule has 2 aliphatic heterocycles. The molecule has 6 rings (SSSR count). The Bertz CT molecular complexity index is 1210. The summed E-state index contributed by atoms with van der Waals surface area (Å²) in [6.07, 6.45) is 11.1. The zero-order chi connectivity index (χ0) is 20.6. The number of hydrogen-bond donors (Lipinski definition) is 0. The SMILES string of the molecule is C1=CC(c2ccc(C(C=C3Sc4ccccc4S3)=C3Sc4ccccc4S3)cc2)C=C1. The van der Waals surface area contributed by atoms with Gasteiger partial charge in [0.05, 0.1) is 8.47 Å². The minimum atomic E-state index is 0.401. The van der Waals surface area contributed by atoms with Gasteiger partial charge in [-0.1, -0.05) is 120 Å². The third-order valence-corrected chi connectivity index (χ3v) is 10.4. The van der Waals surface area contributed by atoms with Gasteiger partial charge < -0.3 is 0 Å². The van der Waals surface area contributed by atoms with Crippen molar-refractivity contribution in [2.24, 2.45) is 0 Å². The molecule has 0 spiro atoms. The molecule has 2 heterocycles. The maximum atomic E-state index is 2.39. The van der Waals surface area contributed by atoms with Gasteiger partial charge in [0, 0.05) is 31.1 Å². The molecule has 0 N–H and O–H groups in total. The Morgan fingerprint density at radius 2 is 1.13 bits per heavy atom. The highest BCUT2D eigenvalue weighted by Crippen LogP contribution is 2.56. The quantitative estimate of drug-likeness (QED) is 0.374. The Morgan fingerprint density at radius 3 is 1.68 bits per heavy atom. The average Bonchev–Trinajstić information content (AvgIpc) is 3.56. The molecule has 0 aromatic heterocycles. The number of thioether (sulfide) groups is 4. The van der Waals surface area contributed by atoms with Crippen molar-refractivity contribution in [3.8, 4) is 0 Å². The van der Waals surface area contributed by atoms with Crippen LogP contribution in [0.1, 0.15) is 17.0 Å². The van der Waals surface area contributed by atoms with Crippen LogP contribution in [0.3, 0.4) is 0 Å². The number of fused-ring (bicyclic) bond motifs is 2. The predicted molar refractivity (Wildman–Crippen MR) is 139 cm³/mol. The highest BCUT2D eigenvalue weighted by Gasteiger charge is 2.23. The van der Waals surface area contributed by atoms with E-state index in [0.717, 1.165) is 0 Å². The number of hydrogen-bond acceptors (Lipinski definition) is 4. The van der Waals surface area contributed by atoms with Crippen molar-refractivity contribution < 1.29 is 0 Å². The molecule has 4 heteroatoms. The van der Waals surface area contributed by atoms with Crippen LogP contribution in [0, 0.1) is 0 Å². The lowest BCUT2D eigenvalue weighted by molar-refractivity contribution is 1.10. The Hall–Kier alpha value is -1.98. The zero-order valence-electron chi connectivity index (χ0n) is 16.5. The summed E-state index contributed by atoms with van der Waals surface area (Å²) in [7, 11) is 0. The maximum Gasteiger partial charge on any atom is 0.0578 e. The molecule has 0 fully saturated rings. The van der Waals surface area contributed by atoms with Crippen LogP contribution < -0.4 is 0 Å². The van der Waals surface area contributed by atoms with Crippen molar-refractivity contribution >= 4 is 52.6 Å². The van der Waals surface area contributed by atoms with Gasteiger partial charge in [0.15, 0.2) is 0 Å². The van der Waals surface area contributed by atoms with Gasteiger partial charge in [-0.15, -0.1) is 0 Å². The highest BCUT2D eigenvalue weighted by atomic mass is 32.2. The second kappa shape index (κ2) is 8.51. The third-order valence-electron chi connectivity index (χ3n) is 5.36. The topological polar surface area (TPSA) is 0 Å². The van der Waals surface area contributed by atoms with Crippen LogP contribution in [0.25, 0.3) is 5.57 Å². The molecule has 0 saturated carbocycles. The Morgan fingerprint density at radius 1 is 0.613 bits per heavy atom. The van der Waals surface area contributed by atoms with Gasteiger partial charge in [-0.2, -0.15) is 0 Å². The monoisotopic (exact) mass is 470 g/mol. The van der Waals surface area contributed by atoms with E-state index in [1.54, 1.807) is 0 Å². The minimum absolute atomic E-state index is 0.401. The summed E-state index contributed by atoms with van der Waals surface area (Å²) < 4.78 is 2.70. The molecule has 3 aromatic rings. The summed E-state index contributed by atoms with van der Waals surface area (Å²) >= 11 is 7.54. The molecular formula is C27H18S4. The molecule has 0 amide bonds. The van der Waals surface area contributed by atoms with Gasteiger partial charge >= 0.3 is 0 Å². The molecule has 0 bridgehead atoms. The largest absolute Gasteiger partial charge is 0.0815 e. The van der Waals surface area contributed by atoms with E-state index >= 15 is 0 Å². The lowest BCUT2D eigenvalue weighted by Crippen LogP contribution is -1.90. The number of allylic oxidation sites excluding steroid dienone is 6. The minimum Gasteiger partial charge on any atom is -0.0815 e. The Kier molecular flexibility index (Phi) is 5.41. The van der Waals surface area contributed by atoms with E-state index in [1.165, 1.54) is 44.8 Å². The predicted octanol–water partition coefficient (Wildman–Crippen LogP) is 9.20. The second-order valence-corrected chi connectivity index (χ2v) is 12.2. The van der Waals surface area contributed by atoms with Gasteiger partial charge in [0.1, 0.15) is 0 Å². The van der Waals surface area contributed by atoms with Gasteiger partial charge in [-0.3, -0.25) is 0 Å². The van der Waals surface area contributed by atoms with Crippen molar-refractivity contribution in [2.45, 2.75) is 25.5 Å². The average molecular weight is 471 g/mol. The molecule has 31 heavy (non-hydrogen) atoms. The summed E-state index contributed by atoms with van der Waals surface area (Å²) in [4.78, 5) is 5.42. The lowest BCUT2D eigenvalue weighted by atomic mass is 9.98. The number of rotatable bonds is 3. The summed E-state index contributed by atoms with van der Waals surface area (Å²) in [6.45, 7) is 0. The lowest BCUT2D eigenvalue weighted by Gasteiger charge is -2.11. The molecule has 0 radical (unpaired) electrons. The van der Waals surface area contributed by atoms with Crippen LogP contribution >= 0.6 is 47.0 Å². The van der Waals surface area contributed by atoms with Crippen molar-refractivity contribution in [1.82, 2.24) is 0 Å². The maximum absolute atomic E-state index is 2.39. The molecule has 0 saturated heterocycles. The van der Waals surface area contributed by atoms with Gasteiger partial charge in [0.2, 0.25) is 0 Å². The fourth-order valence-electron chi connectivity index (χ4n) is 3.78. The van der Waals surface area contributed by atoms with Crippen LogP contribution in [0.5, 0.6) is 0 Å². The van der Waals surface area contributed by atoms with Gasteiger partial charge in [-0.05, 0) is 41.5 Å². The highest BCUT2D eigenvalue weighted by molar-refractivity contribution is 8.25. The van der Waals surface area contributed by atoms with E-state index in [-0.39, 0.29) is 0 Å². The molecule has 3 aliphatic rings. The smallest absolute Gasteiger partial charge is 0.0578 e. The number of benzene rings is 3. The van der Waals surface area contributed by atoms with E-state index < -0.39 is 0 Å². The third kappa shape index (κ3) is 3.98. The summed E-state index contributed by atoms with van der Waals surface area (Å²) in [5, 5.41) is 0. The first-order valence-corrected chi connectivity index (χ1v) is 13.4. The van der Waals surface area contributed by atoms with Crippen LogP contribution in [0.15, 0.2) is 131 Å². The van der Waals surface area contributed by atoms with E-state index in [1.807, 2.05) is 47.0 Å². The van der Waals surface area contributed by atoms with Crippen molar-refractivity contribution in [2.75, 3.05) is 0 Å². The molecule has 0 unspecified atom stereocenters. The summed E-state index contributed by atoms with van der Waals surface area (Å²) in [5.41, 5.74) is 3.94.